The fourth-order valence-electron chi connectivity index (χ4n) is 3.76. The van der Waals surface area contributed by atoms with Gasteiger partial charge in [0.25, 0.3) is 0 Å². The van der Waals surface area contributed by atoms with E-state index >= 15 is 0 Å². The first kappa shape index (κ1) is 17.2. The van der Waals surface area contributed by atoms with Gasteiger partial charge in [-0.15, -0.1) is 0 Å². The van der Waals surface area contributed by atoms with E-state index in [-0.39, 0.29) is 11.9 Å². The summed E-state index contributed by atoms with van der Waals surface area (Å²) in [4.78, 5) is 14.1. The first-order valence-electron chi connectivity index (χ1n) is 8.97. The summed E-state index contributed by atoms with van der Waals surface area (Å²) < 4.78 is 11.5. The summed E-state index contributed by atoms with van der Waals surface area (Å²) in [5, 5.41) is 3.66. The van der Waals surface area contributed by atoms with Gasteiger partial charge in [0.15, 0.2) is 0 Å². The topological polar surface area (TPSA) is 50.8 Å². The molecular weight excluding hydrogens is 304 g/mol. The van der Waals surface area contributed by atoms with E-state index in [0.717, 1.165) is 25.1 Å². The lowest BCUT2D eigenvalue weighted by atomic mass is 9.99. The number of para-hydroxylation sites is 1. The van der Waals surface area contributed by atoms with Gasteiger partial charge in [-0.05, 0) is 38.8 Å². The number of carbonyl (C=O) groups is 1. The van der Waals surface area contributed by atoms with Gasteiger partial charge in [-0.3, -0.25) is 4.79 Å². The number of hydrogen-bond acceptors (Lipinski definition) is 4. The van der Waals surface area contributed by atoms with Crippen LogP contribution >= 0.6 is 0 Å². The van der Waals surface area contributed by atoms with Crippen molar-refractivity contribution in [2.75, 3.05) is 19.7 Å². The largest absolute Gasteiger partial charge is 0.492 e. The van der Waals surface area contributed by atoms with Crippen molar-refractivity contribution in [2.24, 2.45) is 0 Å². The number of hydrogen-bond donors (Lipinski definition) is 1. The van der Waals surface area contributed by atoms with Crippen molar-refractivity contribution in [2.45, 2.75) is 57.4 Å². The van der Waals surface area contributed by atoms with E-state index in [1.54, 1.807) is 0 Å². The van der Waals surface area contributed by atoms with Crippen molar-refractivity contribution >= 4 is 5.91 Å². The van der Waals surface area contributed by atoms with Crippen LogP contribution < -0.4 is 10.1 Å². The van der Waals surface area contributed by atoms with Crippen molar-refractivity contribution in [3.8, 4) is 5.75 Å². The van der Waals surface area contributed by atoms with Gasteiger partial charge in [0.05, 0.1) is 18.8 Å². The van der Waals surface area contributed by atoms with Gasteiger partial charge in [-0.25, -0.2) is 0 Å². The molecule has 2 aliphatic heterocycles. The molecule has 1 aromatic rings. The third-order valence-electron chi connectivity index (χ3n) is 4.76. The minimum Gasteiger partial charge on any atom is -0.492 e. The van der Waals surface area contributed by atoms with Crippen molar-refractivity contribution in [3.63, 3.8) is 0 Å². The van der Waals surface area contributed by atoms with Gasteiger partial charge < -0.3 is 19.7 Å². The summed E-state index contributed by atoms with van der Waals surface area (Å²) in [5.74, 6) is 1.07. The molecule has 2 saturated heterocycles. The van der Waals surface area contributed by atoms with E-state index < -0.39 is 0 Å². The highest BCUT2D eigenvalue weighted by molar-refractivity contribution is 5.79. The molecule has 132 valence electrons. The molecule has 2 heterocycles. The predicted octanol–water partition coefficient (Wildman–Crippen LogP) is 2.21. The minimum absolute atomic E-state index is 0.220. The Morgan fingerprint density at radius 3 is 2.58 bits per heavy atom. The highest BCUT2D eigenvalue weighted by atomic mass is 16.5. The molecule has 2 fully saturated rings. The van der Waals surface area contributed by atoms with Crippen LogP contribution in [0.4, 0.5) is 0 Å². The molecule has 0 aromatic heterocycles. The second kappa shape index (κ2) is 7.99. The Morgan fingerprint density at radius 1 is 1.17 bits per heavy atom. The van der Waals surface area contributed by atoms with Crippen molar-refractivity contribution in [1.29, 1.82) is 0 Å². The van der Waals surface area contributed by atoms with Crippen LogP contribution in [0.1, 0.15) is 33.1 Å². The van der Waals surface area contributed by atoms with E-state index in [4.69, 9.17) is 9.47 Å². The predicted molar refractivity (Wildman–Crippen MR) is 93.1 cm³/mol. The number of amides is 1. The van der Waals surface area contributed by atoms with Crippen LogP contribution in [-0.2, 0) is 9.53 Å². The molecular formula is C19H28N2O3. The fraction of sp³-hybridized carbons (Fsp3) is 0.632. The van der Waals surface area contributed by atoms with E-state index in [1.807, 2.05) is 35.2 Å². The Hall–Kier alpha value is -1.59. The van der Waals surface area contributed by atoms with Gasteiger partial charge in [-0.1, -0.05) is 18.2 Å². The smallest absolute Gasteiger partial charge is 0.224 e. The van der Waals surface area contributed by atoms with Crippen LogP contribution in [0.3, 0.4) is 0 Å². The zero-order valence-corrected chi connectivity index (χ0v) is 14.6. The zero-order chi connectivity index (χ0) is 16.9. The molecule has 1 N–H and O–H groups in total. The average molecular weight is 332 g/mol. The van der Waals surface area contributed by atoms with Crippen LogP contribution in [0.2, 0.25) is 0 Å². The van der Waals surface area contributed by atoms with Crippen molar-refractivity contribution in [3.05, 3.63) is 30.3 Å². The van der Waals surface area contributed by atoms with E-state index in [9.17, 15) is 4.79 Å². The number of likely N-dealkylation sites (tertiary alicyclic amines) is 1. The lowest BCUT2D eigenvalue weighted by Crippen LogP contribution is -2.46. The molecule has 1 unspecified atom stereocenters. The Kier molecular flexibility index (Phi) is 5.74. The molecule has 4 atom stereocenters. The SMILES string of the molecule is C[C@@H]1CC(N[C@H]2CC(=O)N(CCOc3ccccc3)C2)C[C@H](C)O1. The van der Waals surface area contributed by atoms with Crippen molar-refractivity contribution < 1.29 is 14.3 Å². The molecule has 0 spiro atoms. The van der Waals surface area contributed by atoms with Gasteiger partial charge in [0.1, 0.15) is 12.4 Å². The number of nitrogens with zero attached hydrogens (tertiary/aromatic N) is 1. The zero-order valence-electron chi connectivity index (χ0n) is 14.6. The molecule has 0 radical (unpaired) electrons. The van der Waals surface area contributed by atoms with Crippen LogP contribution in [0.15, 0.2) is 30.3 Å². The molecule has 2 aliphatic rings. The number of nitrogens with one attached hydrogen (secondary N) is 1. The Labute approximate surface area is 144 Å². The summed E-state index contributed by atoms with van der Waals surface area (Å²) in [6.07, 6.45) is 3.21. The van der Waals surface area contributed by atoms with Crippen LogP contribution in [0.5, 0.6) is 5.75 Å². The highest BCUT2D eigenvalue weighted by Crippen LogP contribution is 2.21. The molecule has 5 nitrogen and oxygen atoms in total. The maximum absolute atomic E-state index is 12.2. The van der Waals surface area contributed by atoms with Crippen LogP contribution in [0.25, 0.3) is 0 Å². The van der Waals surface area contributed by atoms with E-state index in [1.165, 1.54) is 0 Å². The molecule has 24 heavy (non-hydrogen) atoms. The maximum Gasteiger partial charge on any atom is 0.224 e. The summed E-state index contributed by atoms with van der Waals surface area (Å²) in [6.45, 7) is 6.20. The molecule has 0 bridgehead atoms. The first-order chi connectivity index (χ1) is 11.6. The molecule has 0 saturated carbocycles. The first-order valence-corrected chi connectivity index (χ1v) is 8.97. The summed E-state index contributed by atoms with van der Waals surface area (Å²) in [5.41, 5.74) is 0. The summed E-state index contributed by atoms with van der Waals surface area (Å²) >= 11 is 0. The second-order valence-electron chi connectivity index (χ2n) is 6.99. The lowest BCUT2D eigenvalue weighted by Gasteiger charge is -2.34. The number of rotatable bonds is 6. The molecule has 5 heteroatoms. The third-order valence-corrected chi connectivity index (χ3v) is 4.76. The monoisotopic (exact) mass is 332 g/mol. The average Bonchev–Trinajstić information content (AvgIpc) is 2.87. The molecule has 1 aromatic carbocycles. The van der Waals surface area contributed by atoms with Crippen molar-refractivity contribution in [1.82, 2.24) is 10.2 Å². The van der Waals surface area contributed by atoms with Crippen LogP contribution in [-0.4, -0.2) is 54.8 Å². The fourth-order valence-corrected chi connectivity index (χ4v) is 3.76. The Morgan fingerprint density at radius 2 is 1.88 bits per heavy atom. The van der Waals surface area contributed by atoms with Gasteiger partial charge in [0.2, 0.25) is 5.91 Å². The number of ether oxygens (including phenoxy) is 2. The normalized spacial score (nSPS) is 30.6. The molecule has 1 amide bonds. The van der Waals surface area contributed by atoms with Crippen LogP contribution in [0, 0.1) is 0 Å². The number of benzene rings is 1. The van der Waals surface area contributed by atoms with Gasteiger partial charge in [0, 0.05) is 25.0 Å². The quantitative estimate of drug-likeness (QED) is 0.868. The summed E-state index contributed by atoms with van der Waals surface area (Å²) in [6, 6.07) is 10.4. The Balaban J connectivity index is 1.42. The second-order valence-corrected chi connectivity index (χ2v) is 6.99. The molecule has 3 rings (SSSR count). The van der Waals surface area contributed by atoms with Gasteiger partial charge in [-0.2, -0.15) is 0 Å². The van der Waals surface area contributed by atoms with E-state index in [0.29, 0.717) is 37.8 Å². The lowest BCUT2D eigenvalue weighted by molar-refractivity contribution is -0.128. The highest BCUT2D eigenvalue weighted by Gasteiger charge is 2.33. The minimum atomic E-state index is 0.220. The number of carbonyl (C=O) groups excluding carboxylic acids is 1. The standard InChI is InChI=1S/C19H28N2O3/c1-14-10-16(11-15(2)24-14)20-17-12-19(22)21(13-17)8-9-23-18-6-4-3-5-7-18/h3-7,14-17,20H,8-13H2,1-2H3/t14-,15+,16?,17-/m0/s1. The molecule has 0 aliphatic carbocycles. The maximum atomic E-state index is 12.2. The third kappa shape index (κ3) is 4.71. The van der Waals surface area contributed by atoms with Gasteiger partial charge >= 0.3 is 0 Å². The van der Waals surface area contributed by atoms with E-state index in [2.05, 4.69) is 19.2 Å². The summed E-state index contributed by atoms with van der Waals surface area (Å²) in [7, 11) is 0. The Bertz CT molecular complexity index is 527.